The van der Waals surface area contributed by atoms with E-state index in [9.17, 15) is 9.59 Å². The second-order valence-corrected chi connectivity index (χ2v) is 6.38. The van der Waals surface area contributed by atoms with Gasteiger partial charge in [0.2, 0.25) is 11.8 Å². The van der Waals surface area contributed by atoms with Gasteiger partial charge in [-0.1, -0.05) is 17.7 Å². The van der Waals surface area contributed by atoms with Crippen LogP contribution in [0.5, 0.6) is 0 Å². The zero-order valence-electron chi connectivity index (χ0n) is 15.2. The van der Waals surface area contributed by atoms with E-state index in [2.05, 4.69) is 17.4 Å². The van der Waals surface area contributed by atoms with Gasteiger partial charge in [-0.3, -0.25) is 9.59 Å². The van der Waals surface area contributed by atoms with E-state index in [-0.39, 0.29) is 11.8 Å². The fourth-order valence-electron chi connectivity index (χ4n) is 2.56. The SMILES string of the molecule is CC(=O)N(CCC(=O)Nc1c(C)cc(C)cc1C)CCN(C)C. The number of carbonyl (C=O) groups excluding carboxylic acids is 2. The molecule has 0 aliphatic rings. The first-order chi connectivity index (χ1) is 10.7. The van der Waals surface area contributed by atoms with Gasteiger partial charge >= 0.3 is 0 Å². The Labute approximate surface area is 139 Å². The van der Waals surface area contributed by atoms with Crippen LogP contribution in [0.15, 0.2) is 12.1 Å². The van der Waals surface area contributed by atoms with Gasteiger partial charge in [0, 0.05) is 38.7 Å². The van der Waals surface area contributed by atoms with Crippen molar-refractivity contribution < 1.29 is 9.59 Å². The minimum absolute atomic E-state index is 0.00217. The molecule has 0 radical (unpaired) electrons. The van der Waals surface area contributed by atoms with Crippen LogP contribution in [0, 0.1) is 20.8 Å². The Bertz CT molecular complexity index is 544. The number of anilines is 1. The van der Waals surface area contributed by atoms with Crippen LogP contribution < -0.4 is 5.32 Å². The van der Waals surface area contributed by atoms with Crippen LogP contribution in [0.3, 0.4) is 0 Å². The molecule has 5 nitrogen and oxygen atoms in total. The lowest BCUT2D eigenvalue weighted by atomic mass is 10.0. The number of benzene rings is 1. The van der Waals surface area contributed by atoms with Crippen molar-refractivity contribution in [2.45, 2.75) is 34.1 Å². The highest BCUT2D eigenvalue weighted by Gasteiger charge is 2.13. The van der Waals surface area contributed by atoms with Gasteiger partial charge in [0.15, 0.2) is 0 Å². The van der Waals surface area contributed by atoms with Gasteiger partial charge in [0.05, 0.1) is 0 Å². The molecule has 0 aromatic heterocycles. The van der Waals surface area contributed by atoms with Crippen LogP contribution in [-0.4, -0.2) is 55.3 Å². The molecule has 0 fully saturated rings. The van der Waals surface area contributed by atoms with Gasteiger partial charge in [-0.2, -0.15) is 0 Å². The second kappa shape index (κ2) is 8.67. The Morgan fingerprint density at radius 3 is 2.04 bits per heavy atom. The maximum atomic E-state index is 12.2. The van der Waals surface area contributed by atoms with E-state index in [0.29, 0.717) is 19.5 Å². The zero-order valence-corrected chi connectivity index (χ0v) is 15.2. The summed E-state index contributed by atoms with van der Waals surface area (Å²) in [5, 5.41) is 2.98. The highest BCUT2D eigenvalue weighted by molar-refractivity contribution is 5.92. The van der Waals surface area contributed by atoms with Gasteiger partial charge < -0.3 is 15.1 Å². The molecule has 0 spiro atoms. The van der Waals surface area contributed by atoms with Gasteiger partial charge in [-0.15, -0.1) is 0 Å². The first-order valence-electron chi connectivity index (χ1n) is 7.98. The average Bonchev–Trinajstić information content (AvgIpc) is 2.42. The standard InChI is InChI=1S/C18H29N3O2/c1-13-11-14(2)18(15(3)12-13)19-17(23)7-8-21(16(4)22)10-9-20(5)6/h11-12H,7-10H2,1-6H3,(H,19,23). The van der Waals surface area contributed by atoms with E-state index < -0.39 is 0 Å². The highest BCUT2D eigenvalue weighted by atomic mass is 16.2. The van der Waals surface area contributed by atoms with E-state index in [1.807, 2.05) is 39.8 Å². The van der Waals surface area contributed by atoms with Crippen LogP contribution >= 0.6 is 0 Å². The number of hydrogen-bond acceptors (Lipinski definition) is 3. The Balaban J connectivity index is 2.61. The van der Waals surface area contributed by atoms with Crippen molar-refractivity contribution >= 4 is 17.5 Å². The molecule has 0 saturated carbocycles. The number of likely N-dealkylation sites (N-methyl/N-ethyl adjacent to an activating group) is 1. The van der Waals surface area contributed by atoms with Crippen molar-refractivity contribution in [2.24, 2.45) is 0 Å². The topological polar surface area (TPSA) is 52.7 Å². The molecule has 128 valence electrons. The average molecular weight is 319 g/mol. The number of hydrogen-bond donors (Lipinski definition) is 1. The molecule has 5 heteroatoms. The lowest BCUT2D eigenvalue weighted by Crippen LogP contribution is -2.37. The largest absolute Gasteiger partial charge is 0.341 e. The van der Waals surface area contributed by atoms with Gasteiger partial charge in [-0.05, 0) is 46.0 Å². The van der Waals surface area contributed by atoms with Crippen molar-refractivity contribution in [2.75, 3.05) is 39.0 Å². The third kappa shape index (κ3) is 6.40. The molecule has 0 saturated heterocycles. The predicted octanol–water partition coefficient (Wildman–Crippen LogP) is 2.35. The van der Waals surface area contributed by atoms with E-state index in [0.717, 1.165) is 23.4 Å². The maximum Gasteiger partial charge on any atom is 0.226 e. The summed E-state index contributed by atoms with van der Waals surface area (Å²) in [4.78, 5) is 27.6. The smallest absolute Gasteiger partial charge is 0.226 e. The maximum absolute atomic E-state index is 12.2. The predicted molar refractivity (Wildman–Crippen MR) is 94.7 cm³/mol. The van der Waals surface area contributed by atoms with Crippen LogP contribution in [0.25, 0.3) is 0 Å². The summed E-state index contributed by atoms with van der Waals surface area (Å²) in [7, 11) is 3.93. The fraction of sp³-hybridized carbons (Fsp3) is 0.556. The van der Waals surface area contributed by atoms with E-state index in [1.54, 1.807) is 11.8 Å². The number of nitrogens with zero attached hydrogens (tertiary/aromatic N) is 2. The number of carbonyl (C=O) groups is 2. The number of amides is 2. The summed E-state index contributed by atoms with van der Waals surface area (Å²) in [6, 6.07) is 4.11. The van der Waals surface area contributed by atoms with E-state index in [1.165, 1.54) is 5.56 Å². The number of rotatable bonds is 7. The zero-order chi connectivity index (χ0) is 17.6. The minimum atomic E-state index is -0.0591. The molecule has 0 atom stereocenters. The fourth-order valence-corrected chi connectivity index (χ4v) is 2.56. The van der Waals surface area contributed by atoms with Crippen molar-refractivity contribution in [3.63, 3.8) is 0 Å². The molecule has 0 aliphatic carbocycles. The molecule has 1 rings (SSSR count). The Kier molecular flexibility index (Phi) is 7.23. The first-order valence-corrected chi connectivity index (χ1v) is 7.98. The molecule has 1 aromatic carbocycles. The minimum Gasteiger partial charge on any atom is -0.341 e. The van der Waals surface area contributed by atoms with Gasteiger partial charge in [-0.25, -0.2) is 0 Å². The van der Waals surface area contributed by atoms with E-state index >= 15 is 0 Å². The molecule has 2 amide bonds. The normalized spacial score (nSPS) is 10.7. The first kappa shape index (κ1) is 19.2. The van der Waals surface area contributed by atoms with E-state index in [4.69, 9.17) is 0 Å². The summed E-state index contributed by atoms with van der Waals surface area (Å²) in [5.41, 5.74) is 4.19. The molecule has 1 aromatic rings. The molecule has 1 N–H and O–H groups in total. The van der Waals surface area contributed by atoms with Crippen LogP contribution in [0.4, 0.5) is 5.69 Å². The summed E-state index contributed by atoms with van der Waals surface area (Å²) in [5.74, 6) is -0.0569. The van der Waals surface area contributed by atoms with Crippen molar-refractivity contribution in [3.05, 3.63) is 28.8 Å². The third-order valence-electron chi connectivity index (χ3n) is 3.81. The molecule has 0 unspecified atom stereocenters. The lowest BCUT2D eigenvalue weighted by Gasteiger charge is -2.23. The molecule has 0 heterocycles. The monoisotopic (exact) mass is 319 g/mol. The van der Waals surface area contributed by atoms with Crippen LogP contribution in [0.2, 0.25) is 0 Å². The number of aryl methyl sites for hydroxylation is 3. The van der Waals surface area contributed by atoms with Gasteiger partial charge in [0.25, 0.3) is 0 Å². The lowest BCUT2D eigenvalue weighted by molar-refractivity contribution is -0.129. The third-order valence-corrected chi connectivity index (χ3v) is 3.81. The van der Waals surface area contributed by atoms with Gasteiger partial charge in [0.1, 0.15) is 0 Å². The quantitative estimate of drug-likeness (QED) is 0.839. The Morgan fingerprint density at radius 1 is 1.00 bits per heavy atom. The molecule has 23 heavy (non-hydrogen) atoms. The Hall–Kier alpha value is -1.88. The van der Waals surface area contributed by atoms with Crippen molar-refractivity contribution in [1.29, 1.82) is 0 Å². The summed E-state index contributed by atoms with van der Waals surface area (Å²) >= 11 is 0. The van der Waals surface area contributed by atoms with Crippen molar-refractivity contribution in [1.82, 2.24) is 9.80 Å². The highest BCUT2D eigenvalue weighted by Crippen LogP contribution is 2.22. The summed E-state index contributed by atoms with van der Waals surface area (Å²) in [6.45, 7) is 9.45. The van der Waals surface area contributed by atoms with Crippen LogP contribution in [0.1, 0.15) is 30.0 Å². The van der Waals surface area contributed by atoms with Crippen LogP contribution in [-0.2, 0) is 9.59 Å². The molecular formula is C18H29N3O2. The summed E-state index contributed by atoms with van der Waals surface area (Å²) < 4.78 is 0. The molecule has 0 aliphatic heterocycles. The van der Waals surface area contributed by atoms with Crippen molar-refractivity contribution in [3.8, 4) is 0 Å². The molecular weight excluding hydrogens is 290 g/mol. The Morgan fingerprint density at radius 2 is 1.57 bits per heavy atom. The molecule has 0 bridgehead atoms. The summed E-state index contributed by atoms with van der Waals surface area (Å²) in [6.07, 6.45) is 0.305. The number of nitrogens with one attached hydrogen (secondary N) is 1. The second-order valence-electron chi connectivity index (χ2n) is 6.38.